The number of rotatable bonds is 4. The topological polar surface area (TPSA) is 75.9 Å². The molecule has 1 fully saturated rings. The summed E-state index contributed by atoms with van der Waals surface area (Å²) in [5.74, 6) is 0.390. The van der Waals surface area contributed by atoms with Crippen molar-refractivity contribution in [2.45, 2.75) is 12.1 Å². The molecule has 0 aliphatic carbocycles. The first kappa shape index (κ1) is 21.4. The van der Waals surface area contributed by atoms with Crippen LogP contribution in [-0.2, 0) is 12.1 Å². The van der Waals surface area contributed by atoms with Crippen LogP contribution in [0.5, 0.6) is 11.7 Å². The van der Waals surface area contributed by atoms with Crippen molar-refractivity contribution >= 4 is 23.4 Å². The lowest BCUT2D eigenvalue weighted by Gasteiger charge is -2.47. The zero-order chi connectivity index (χ0) is 24.0. The fraction of sp³-hybridized carbons (Fsp3) is 0.148. The van der Waals surface area contributed by atoms with Gasteiger partial charge in [0.25, 0.3) is 17.8 Å². The SMILES string of the molecule is O=C(c1ccc(Oc2cccnc2)o1)N1CCN2C(=O)c3ccccc3CC12c1ccc(Cl)cc1. The first-order valence-corrected chi connectivity index (χ1v) is 11.6. The largest absolute Gasteiger partial charge is 0.424 e. The monoisotopic (exact) mass is 485 g/mol. The van der Waals surface area contributed by atoms with Crippen molar-refractivity contribution < 1.29 is 18.7 Å². The number of hydrogen-bond acceptors (Lipinski definition) is 5. The van der Waals surface area contributed by atoms with E-state index in [0.29, 0.717) is 35.8 Å². The molecule has 0 saturated carbocycles. The van der Waals surface area contributed by atoms with Crippen LogP contribution in [0.25, 0.3) is 0 Å². The van der Waals surface area contributed by atoms with Crippen LogP contribution < -0.4 is 4.74 Å². The summed E-state index contributed by atoms with van der Waals surface area (Å²) in [4.78, 5) is 34.9. The third-order valence-corrected chi connectivity index (χ3v) is 6.82. The van der Waals surface area contributed by atoms with Gasteiger partial charge >= 0.3 is 0 Å². The van der Waals surface area contributed by atoms with Gasteiger partial charge in [0.1, 0.15) is 11.4 Å². The van der Waals surface area contributed by atoms with Gasteiger partial charge in [-0.1, -0.05) is 41.9 Å². The first-order valence-electron chi connectivity index (χ1n) is 11.2. The Morgan fingerprint density at radius 1 is 1.00 bits per heavy atom. The number of benzene rings is 2. The van der Waals surface area contributed by atoms with E-state index >= 15 is 0 Å². The molecular formula is C27H20ClN3O4. The molecule has 1 atom stereocenters. The predicted molar refractivity (Wildman–Crippen MR) is 128 cm³/mol. The van der Waals surface area contributed by atoms with Crippen molar-refractivity contribution in [2.75, 3.05) is 13.1 Å². The number of carbonyl (C=O) groups excluding carboxylic acids is 2. The highest BCUT2D eigenvalue weighted by Crippen LogP contribution is 2.45. The number of nitrogens with zero attached hydrogens (tertiary/aromatic N) is 3. The lowest BCUT2D eigenvalue weighted by molar-refractivity contribution is 0.00602. The van der Waals surface area contributed by atoms with Crippen LogP contribution >= 0.6 is 11.6 Å². The predicted octanol–water partition coefficient (Wildman–Crippen LogP) is 5.13. The Bertz CT molecular complexity index is 1420. The maximum atomic E-state index is 13.8. The molecule has 2 amide bonds. The van der Waals surface area contributed by atoms with Crippen LogP contribution in [0.3, 0.4) is 0 Å². The standard InChI is InChI=1S/C27H20ClN3O4/c28-20-9-7-19(8-10-20)27-16-18-4-1-2-6-22(18)25(32)30(27)14-15-31(27)26(33)23-11-12-24(35-23)34-21-5-3-13-29-17-21/h1-13,17H,14-16H2. The number of aromatic nitrogens is 1. The van der Waals surface area contributed by atoms with Crippen molar-refractivity contribution in [1.29, 1.82) is 0 Å². The average molecular weight is 486 g/mol. The number of amides is 2. The minimum atomic E-state index is -0.996. The van der Waals surface area contributed by atoms with Gasteiger partial charge in [0, 0.05) is 42.4 Å². The molecule has 4 aromatic rings. The first-order chi connectivity index (χ1) is 17.1. The molecule has 0 spiro atoms. The summed E-state index contributed by atoms with van der Waals surface area (Å²) in [5, 5.41) is 0.582. The van der Waals surface area contributed by atoms with Crippen LogP contribution in [0, 0.1) is 0 Å². The van der Waals surface area contributed by atoms with Gasteiger partial charge in [-0.3, -0.25) is 14.6 Å². The third kappa shape index (κ3) is 3.47. The summed E-state index contributed by atoms with van der Waals surface area (Å²) in [5.41, 5.74) is 1.37. The summed E-state index contributed by atoms with van der Waals surface area (Å²) < 4.78 is 11.5. The molecule has 2 aromatic carbocycles. The summed E-state index contributed by atoms with van der Waals surface area (Å²) in [6, 6.07) is 21.5. The Balaban J connectivity index is 1.40. The second-order valence-corrected chi connectivity index (χ2v) is 8.92. The van der Waals surface area contributed by atoms with E-state index in [1.165, 1.54) is 0 Å². The Labute approximate surface area is 206 Å². The highest BCUT2D eigenvalue weighted by atomic mass is 35.5. The van der Waals surface area contributed by atoms with Crippen LogP contribution in [0.4, 0.5) is 0 Å². The molecule has 7 nitrogen and oxygen atoms in total. The van der Waals surface area contributed by atoms with Crippen molar-refractivity contribution in [3.05, 3.63) is 113 Å². The van der Waals surface area contributed by atoms with Crippen molar-refractivity contribution in [1.82, 2.24) is 14.8 Å². The van der Waals surface area contributed by atoms with Crippen molar-refractivity contribution in [3.63, 3.8) is 0 Å². The Morgan fingerprint density at radius 3 is 2.63 bits per heavy atom. The molecule has 0 radical (unpaired) electrons. The van der Waals surface area contributed by atoms with Crippen molar-refractivity contribution in [3.8, 4) is 11.7 Å². The van der Waals surface area contributed by atoms with E-state index < -0.39 is 5.66 Å². The fourth-order valence-corrected chi connectivity index (χ4v) is 5.14. The average Bonchev–Trinajstić information content (AvgIpc) is 3.50. The van der Waals surface area contributed by atoms with Crippen LogP contribution in [0.15, 0.2) is 89.6 Å². The van der Waals surface area contributed by atoms with Gasteiger partial charge in [-0.05, 0) is 47.5 Å². The van der Waals surface area contributed by atoms with Crippen molar-refractivity contribution in [2.24, 2.45) is 0 Å². The third-order valence-electron chi connectivity index (χ3n) is 6.57. The zero-order valence-electron chi connectivity index (χ0n) is 18.6. The van der Waals surface area contributed by atoms with Gasteiger partial charge in [0.05, 0.1) is 6.20 Å². The second-order valence-electron chi connectivity index (χ2n) is 8.48. The molecule has 2 aliphatic heterocycles. The van der Waals surface area contributed by atoms with E-state index in [-0.39, 0.29) is 23.5 Å². The van der Waals surface area contributed by atoms with E-state index in [2.05, 4.69) is 4.98 Å². The van der Waals surface area contributed by atoms with Gasteiger partial charge in [-0.15, -0.1) is 0 Å². The summed E-state index contributed by atoms with van der Waals surface area (Å²) in [6.45, 7) is 0.766. The number of carbonyl (C=O) groups is 2. The molecule has 6 rings (SSSR count). The number of ether oxygens (including phenoxy) is 1. The normalized spacial score (nSPS) is 18.8. The minimum absolute atomic E-state index is 0.0999. The van der Waals surface area contributed by atoms with E-state index in [9.17, 15) is 9.59 Å². The van der Waals surface area contributed by atoms with E-state index in [1.807, 2.05) is 36.4 Å². The lowest BCUT2D eigenvalue weighted by Crippen LogP contribution is -2.58. The van der Waals surface area contributed by atoms with Crippen LogP contribution in [0.2, 0.25) is 5.02 Å². The number of pyridine rings is 1. The quantitative estimate of drug-likeness (QED) is 0.400. The smallest absolute Gasteiger partial charge is 0.291 e. The van der Waals surface area contributed by atoms with E-state index in [4.69, 9.17) is 20.8 Å². The molecule has 2 aliphatic rings. The molecule has 0 bridgehead atoms. The van der Waals surface area contributed by atoms with Gasteiger partial charge in [0.2, 0.25) is 0 Å². The molecule has 0 N–H and O–H groups in total. The maximum absolute atomic E-state index is 13.8. The van der Waals surface area contributed by atoms with Gasteiger partial charge in [0.15, 0.2) is 5.76 Å². The van der Waals surface area contributed by atoms with E-state index in [0.717, 1.165) is 11.1 Å². The molecule has 35 heavy (non-hydrogen) atoms. The van der Waals surface area contributed by atoms with Crippen LogP contribution in [-0.4, -0.2) is 39.7 Å². The molecule has 1 saturated heterocycles. The molecule has 1 unspecified atom stereocenters. The summed E-state index contributed by atoms with van der Waals surface area (Å²) >= 11 is 6.17. The molecule has 2 aromatic heterocycles. The molecule has 174 valence electrons. The molecule has 4 heterocycles. The van der Waals surface area contributed by atoms with Gasteiger partial charge < -0.3 is 19.0 Å². The molecular weight excluding hydrogens is 466 g/mol. The Morgan fingerprint density at radius 2 is 1.83 bits per heavy atom. The highest BCUT2D eigenvalue weighted by molar-refractivity contribution is 6.30. The Hall–Kier alpha value is -4.10. The Kier molecular flexibility index (Phi) is 5.07. The number of furan rings is 1. The lowest BCUT2D eigenvalue weighted by atomic mass is 9.83. The fourth-order valence-electron chi connectivity index (χ4n) is 5.02. The van der Waals surface area contributed by atoms with Gasteiger partial charge in [-0.25, -0.2) is 0 Å². The highest BCUT2D eigenvalue weighted by Gasteiger charge is 2.56. The number of halogens is 1. The number of fused-ring (bicyclic) bond motifs is 2. The van der Waals surface area contributed by atoms with E-state index in [1.54, 1.807) is 58.6 Å². The second kappa shape index (κ2) is 8.29. The van der Waals surface area contributed by atoms with Gasteiger partial charge in [-0.2, -0.15) is 0 Å². The number of hydrogen-bond donors (Lipinski definition) is 0. The minimum Gasteiger partial charge on any atom is -0.424 e. The maximum Gasteiger partial charge on any atom is 0.291 e. The zero-order valence-corrected chi connectivity index (χ0v) is 19.3. The van der Waals surface area contributed by atoms with Crippen LogP contribution in [0.1, 0.15) is 32.0 Å². The summed E-state index contributed by atoms with van der Waals surface area (Å²) in [6.07, 6.45) is 3.66. The summed E-state index contributed by atoms with van der Waals surface area (Å²) in [7, 11) is 0. The molecule has 8 heteroatoms.